The first-order chi connectivity index (χ1) is 10.5. The number of amides is 1. The van der Waals surface area contributed by atoms with E-state index in [2.05, 4.69) is 15.0 Å². The summed E-state index contributed by atoms with van der Waals surface area (Å²) in [5, 5.41) is 5.28. The van der Waals surface area contributed by atoms with E-state index >= 15 is 0 Å². The van der Waals surface area contributed by atoms with E-state index in [0.717, 1.165) is 10.6 Å². The first-order valence-corrected chi connectivity index (χ1v) is 9.21. The van der Waals surface area contributed by atoms with Crippen LogP contribution in [0.25, 0.3) is 10.6 Å². The Balaban J connectivity index is 1.87. The Labute approximate surface area is 133 Å². The van der Waals surface area contributed by atoms with Gasteiger partial charge in [0.05, 0.1) is 17.9 Å². The van der Waals surface area contributed by atoms with Crippen molar-refractivity contribution in [3.05, 3.63) is 41.4 Å². The Bertz CT molecular complexity index is 727. The second-order valence-corrected chi connectivity index (χ2v) is 7.46. The van der Waals surface area contributed by atoms with Crippen LogP contribution in [0.1, 0.15) is 5.69 Å². The number of sulfonamides is 1. The highest BCUT2D eigenvalue weighted by atomic mass is 32.2. The molecule has 0 fully saturated rings. The summed E-state index contributed by atoms with van der Waals surface area (Å²) in [6, 6.07) is 9.73. The van der Waals surface area contributed by atoms with E-state index in [-0.39, 0.29) is 24.6 Å². The van der Waals surface area contributed by atoms with Gasteiger partial charge in [-0.15, -0.1) is 11.3 Å². The summed E-state index contributed by atoms with van der Waals surface area (Å²) in [7, 11) is -1.95. The number of thiazole rings is 1. The molecule has 1 heterocycles. The van der Waals surface area contributed by atoms with E-state index in [1.54, 1.807) is 0 Å². The van der Waals surface area contributed by atoms with Gasteiger partial charge in [0.2, 0.25) is 15.9 Å². The first kappa shape index (κ1) is 16.6. The summed E-state index contributed by atoms with van der Waals surface area (Å²) in [6.07, 6.45) is 0.142. The molecule has 2 aromatic rings. The van der Waals surface area contributed by atoms with Gasteiger partial charge in [-0.1, -0.05) is 30.3 Å². The van der Waals surface area contributed by atoms with Crippen LogP contribution in [0.15, 0.2) is 35.7 Å². The third kappa shape index (κ3) is 4.90. The van der Waals surface area contributed by atoms with Crippen molar-refractivity contribution in [3.8, 4) is 10.6 Å². The lowest BCUT2D eigenvalue weighted by molar-refractivity contribution is -0.120. The number of hydrogen-bond donors (Lipinski definition) is 2. The minimum absolute atomic E-state index is 0.0810. The normalized spacial score (nSPS) is 11.3. The van der Waals surface area contributed by atoms with Crippen LogP contribution in [-0.4, -0.2) is 38.7 Å². The minimum Gasteiger partial charge on any atom is -0.355 e. The molecule has 1 aromatic carbocycles. The van der Waals surface area contributed by atoms with Crippen LogP contribution >= 0.6 is 11.3 Å². The van der Waals surface area contributed by atoms with Crippen LogP contribution in [0.2, 0.25) is 0 Å². The standard InChI is InChI=1S/C14H17N3O3S2/c1-15-22(19,20)8-7-16-13(18)9-12-10-21-14(17-12)11-5-3-2-4-6-11/h2-6,10,15H,7-9H2,1H3,(H,16,18). The number of rotatable bonds is 7. The monoisotopic (exact) mass is 339 g/mol. The van der Waals surface area contributed by atoms with Crippen molar-refractivity contribution in [2.75, 3.05) is 19.3 Å². The number of aromatic nitrogens is 1. The zero-order valence-electron chi connectivity index (χ0n) is 12.1. The Hall–Kier alpha value is -1.77. The number of nitrogens with zero attached hydrogens (tertiary/aromatic N) is 1. The summed E-state index contributed by atoms with van der Waals surface area (Å²) in [6.45, 7) is 0.0810. The van der Waals surface area contributed by atoms with Gasteiger partial charge in [-0.05, 0) is 7.05 Å². The molecule has 0 aliphatic rings. The molecule has 0 spiro atoms. The first-order valence-electron chi connectivity index (χ1n) is 6.68. The van der Waals surface area contributed by atoms with E-state index < -0.39 is 10.0 Å². The second-order valence-electron chi connectivity index (χ2n) is 4.56. The Morgan fingerprint density at radius 3 is 2.68 bits per heavy atom. The summed E-state index contributed by atoms with van der Waals surface area (Å²) >= 11 is 1.48. The van der Waals surface area contributed by atoms with Gasteiger partial charge in [0.15, 0.2) is 0 Å². The van der Waals surface area contributed by atoms with Gasteiger partial charge in [0.1, 0.15) is 5.01 Å². The maximum Gasteiger partial charge on any atom is 0.226 e. The van der Waals surface area contributed by atoms with E-state index in [1.165, 1.54) is 18.4 Å². The lowest BCUT2D eigenvalue weighted by Crippen LogP contribution is -2.33. The predicted octanol–water partition coefficient (Wildman–Crippen LogP) is 1.02. The highest BCUT2D eigenvalue weighted by Gasteiger charge is 2.11. The summed E-state index contributed by atoms with van der Waals surface area (Å²) in [4.78, 5) is 16.2. The fourth-order valence-electron chi connectivity index (χ4n) is 1.76. The van der Waals surface area contributed by atoms with Gasteiger partial charge in [-0.3, -0.25) is 4.79 Å². The smallest absolute Gasteiger partial charge is 0.226 e. The zero-order chi connectivity index (χ0) is 16.0. The number of carbonyl (C=O) groups excluding carboxylic acids is 1. The molecule has 0 atom stereocenters. The number of nitrogens with one attached hydrogen (secondary N) is 2. The number of carbonyl (C=O) groups is 1. The molecular weight excluding hydrogens is 322 g/mol. The largest absolute Gasteiger partial charge is 0.355 e. The maximum atomic E-state index is 11.8. The van der Waals surface area contributed by atoms with Crippen LogP contribution < -0.4 is 10.0 Å². The number of hydrogen-bond acceptors (Lipinski definition) is 5. The van der Waals surface area contributed by atoms with Crippen molar-refractivity contribution in [2.24, 2.45) is 0 Å². The molecule has 1 amide bonds. The Morgan fingerprint density at radius 2 is 2.00 bits per heavy atom. The fourth-order valence-corrected chi connectivity index (χ4v) is 3.16. The molecule has 2 N–H and O–H groups in total. The molecule has 6 nitrogen and oxygen atoms in total. The molecule has 8 heteroatoms. The van der Waals surface area contributed by atoms with Gasteiger partial charge in [-0.2, -0.15) is 0 Å². The lowest BCUT2D eigenvalue weighted by atomic mass is 10.2. The highest BCUT2D eigenvalue weighted by molar-refractivity contribution is 7.89. The Morgan fingerprint density at radius 1 is 1.27 bits per heavy atom. The van der Waals surface area contributed by atoms with Gasteiger partial charge in [0.25, 0.3) is 0 Å². The third-order valence-electron chi connectivity index (χ3n) is 2.92. The van der Waals surface area contributed by atoms with Crippen molar-refractivity contribution in [3.63, 3.8) is 0 Å². The topological polar surface area (TPSA) is 88.2 Å². The lowest BCUT2D eigenvalue weighted by Gasteiger charge is -2.04. The molecule has 0 unspecified atom stereocenters. The zero-order valence-corrected chi connectivity index (χ0v) is 13.7. The molecule has 2 rings (SSSR count). The van der Waals surface area contributed by atoms with Crippen LogP contribution in [-0.2, 0) is 21.2 Å². The average molecular weight is 339 g/mol. The van der Waals surface area contributed by atoms with E-state index in [1.807, 2.05) is 35.7 Å². The van der Waals surface area contributed by atoms with Crippen molar-refractivity contribution >= 4 is 27.3 Å². The van der Waals surface area contributed by atoms with Gasteiger partial charge in [0, 0.05) is 17.5 Å². The van der Waals surface area contributed by atoms with Crippen molar-refractivity contribution < 1.29 is 13.2 Å². The summed E-state index contributed by atoms with van der Waals surface area (Å²) < 4.78 is 24.6. The van der Waals surface area contributed by atoms with E-state index in [9.17, 15) is 13.2 Å². The van der Waals surface area contributed by atoms with E-state index in [0.29, 0.717) is 5.69 Å². The van der Waals surface area contributed by atoms with Gasteiger partial charge >= 0.3 is 0 Å². The van der Waals surface area contributed by atoms with E-state index in [4.69, 9.17) is 0 Å². The SMILES string of the molecule is CNS(=O)(=O)CCNC(=O)Cc1csc(-c2ccccc2)n1. The predicted molar refractivity (Wildman–Crippen MR) is 87.1 cm³/mol. The molecule has 0 aliphatic heterocycles. The summed E-state index contributed by atoms with van der Waals surface area (Å²) in [5.41, 5.74) is 1.69. The Kier molecular flexibility index (Phi) is 5.64. The second kappa shape index (κ2) is 7.48. The molecule has 0 saturated carbocycles. The van der Waals surface area contributed by atoms with Gasteiger partial charge < -0.3 is 5.32 Å². The van der Waals surface area contributed by atoms with Crippen LogP contribution in [0.3, 0.4) is 0 Å². The molecular formula is C14H17N3O3S2. The van der Waals surface area contributed by atoms with Crippen LogP contribution in [0, 0.1) is 0 Å². The molecule has 1 aromatic heterocycles. The quantitative estimate of drug-likeness (QED) is 0.788. The summed E-state index contributed by atoms with van der Waals surface area (Å²) in [5.74, 6) is -0.377. The molecule has 0 saturated heterocycles. The van der Waals surface area contributed by atoms with Crippen LogP contribution in [0.4, 0.5) is 0 Å². The number of benzene rings is 1. The van der Waals surface area contributed by atoms with Crippen molar-refractivity contribution in [1.82, 2.24) is 15.0 Å². The van der Waals surface area contributed by atoms with Crippen molar-refractivity contribution in [2.45, 2.75) is 6.42 Å². The molecule has 0 aliphatic carbocycles. The fraction of sp³-hybridized carbons (Fsp3) is 0.286. The molecule has 0 radical (unpaired) electrons. The van der Waals surface area contributed by atoms with Crippen molar-refractivity contribution in [1.29, 1.82) is 0 Å². The molecule has 118 valence electrons. The third-order valence-corrected chi connectivity index (χ3v) is 5.22. The highest BCUT2D eigenvalue weighted by Crippen LogP contribution is 2.23. The van der Waals surface area contributed by atoms with Gasteiger partial charge in [-0.25, -0.2) is 18.1 Å². The minimum atomic E-state index is -3.30. The maximum absolute atomic E-state index is 11.8. The molecule has 22 heavy (non-hydrogen) atoms. The van der Waals surface area contributed by atoms with Crippen LogP contribution in [0.5, 0.6) is 0 Å². The average Bonchev–Trinajstić information content (AvgIpc) is 2.96. The molecule has 0 bridgehead atoms.